The van der Waals surface area contributed by atoms with Gasteiger partial charge in [0.05, 0.1) is 4.90 Å². The van der Waals surface area contributed by atoms with Crippen molar-refractivity contribution in [3.8, 4) is 0 Å². The third-order valence-electron chi connectivity index (χ3n) is 7.05. The summed E-state index contributed by atoms with van der Waals surface area (Å²) in [7, 11) is -3.62. The third-order valence-corrected chi connectivity index (χ3v) is 9.10. The number of rotatable bonds is 3. The zero-order chi connectivity index (χ0) is 22.6. The molecular formula is C25H29N3O3S. The number of aromatic nitrogens is 1. The van der Waals surface area contributed by atoms with Crippen LogP contribution in [0.25, 0.3) is 10.9 Å². The molecule has 1 aromatic heterocycles. The number of carbonyl (C=O) groups is 1. The lowest BCUT2D eigenvalue weighted by Crippen LogP contribution is -2.49. The van der Waals surface area contributed by atoms with Crippen LogP contribution in [0.1, 0.15) is 45.6 Å². The van der Waals surface area contributed by atoms with Gasteiger partial charge in [0.1, 0.15) is 0 Å². The van der Waals surface area contributed by atoms with E-state index in [2.05, 4.69) is 41.9 Å². The van der Waals surface area contributed by atoms with Gasteiger partial charge >= 0.3 is 0 Å². The Labute approximate surface area is 189 Å². The lowest BCUT2D eigenvalue weighted by Gasteiger charge is -2.36. The molecule has 1 aliphatic carbocycles. The quantitative estimate of drug-likeness (QED) is 0.650. The van der Waals surface area contributed by atoms with Gasteiger partial charge in [-0.15, -0.1) is 0 Å². The fourth-order valence-corrected chi connectivity index (χ4v) is 6.76. The standard InChI is InChI=1S/C25H29N3O3S/c1-16-6-4-8-22(18(16)3)27-10-12-28(13-11-27)32(30,31)24-15-21-19(14-17(24)2)25-20(26-21)7-5-9-23(25)29/h4,6,8,14-15,26H,5,7,9-13H2,1-3H3. The molecule has 0 atom stereocenters. The molecule has 1 N–H and O–H groups in total. The highest BCUT2D eigenvalue weighted by Gasteiger charge is 2.31. The van der Waals surface area contributed by atoms with E-state index < -0.39 is 10.0 Å². The van der Waals surface area contributed by atoms with Crippen LogP contribution in [-0.2, 0) is 16.4 Å². The summed E-state index contributed by atoms with van der Waals surface area (Å²) in [5, 5.41) is 0.848. The summed E-state index contributed by atoms with van der Waals surface area (Å²) in [4.78, 5) is 18.4. The van der Waals surface area contributed by atoms with Crippen LogP contribution in [0.5, 0.6) is 0 Å². The number of hydrogen-bond donors (Lipinski definition) is 1. The number of Topliss-reactive ketones (excluding diaryl/α,β-unsaturated/α-hetero) is 1. The average molecular weight is 452 g/mol. The Morgan fingerprint density at radius 3 is 2.44 bits per heavy atom. The smallest absolute Gasteiger partial charge is 0.243 e. The van der Waals surface area contributed by atoms with E-state index >= 15 is 0 Å². The molecule has 2 aliphatic rings. The molecule has 1 saturated heterocycles. The maximum Gasteiger partial charge on any atom is 0.243 e. The van der Waals surface area contributed by atoms with Gasteiger partial charge in [-0.3, -0.25) is 4.79 Å². The SMILES string of the molecule is Cc1cc2c3c([nH]c2cc1S(=O)(=O)N1CCN(c2cccc(C)c2C)CC1)CCCC3=O. The summed E-state index contributed by atoms with van der Waals surface area (Å²) in [5.74, 6) is 0.148. The topological polar surface area (TPSA) is 73.5 Å². The summed E-state index contributed by atoms with van der Waals surface area (Å²) in [6.45, 7) is 8.27. The number of benzene rings is 2. The van der Waals surface area contributed by atoms with E-state index in [-0.39, 0.29) is 5.78 Å². The minimum absolute atomic E-state index is 0.148. The van der Waals surface area contributed by atoms with Crippen LogP contribution in [0.3, 0.4) is 0 Å². The molecule has 6 nitrogen and oxygen atoms in total. The molecule has 3 aromatic rings. The molecule has 0 spiro atoms. The first-order chi connectivity index (χ1) is 15.3. The van der Waals surface area contributed by atoms with Gasteiger partial charge in [-0.1, -0.05) is 12.1 Å². The second-order valence-electron chi connectivity index (χ2n) is 9.03. The van der Waals surface area contributed by atoms with Crippen LogP contribution < -0.4 is 4.90 Å². The molecule has 2 aromatic carbocycles. The molecule has 0 amide bonds. The molecular weight excluding hydrogens is 422 g/mol. The second-order valence-corrected chi connectivity index (χ2v) is 10.9. The molecule has 0 unspecified atom stereocenters. The van der Waals surface area contributed by atoms with E-state index in [4.69, 9.17) is 0 Å². The van der Waals surface area contributed by atoms with Crippen molar-refractivity contribution < 1.29 is 13.2 Å². The van der Waals surface area contributed by atoms with Crippen LogP contribution in [0.15, 0.2) is 35.2 Å². The van der Waals surface area contributed by atoms with Gasteiger partial charge in [0.15, 0.2) is 5.78 Å². The lowest BCUT2D eigenvalue weighted by atomic mass is 9.94. The van der Waals surface area contributed by atoms with Crippen molar-refractivity contribution in [1.82, 2.24) is 9.29 Å². The minimum atomic E-state index is -3.62. The normalized spacial score (nSPS) is 17.7. The predicted molar refractivity (Wildman–Crippen MR) is 127 cm³/mol. The van der Waals surface area contributed by atoms with Crippen LogP contribution in [0, 0.1) is 20.8 Å². The Kier molecular flexibility index (Phi) is 5.13. The molecule has 0 bridgehead atoms. The summed E-state index contributed by atoms with van der Waals surface area (Å²) < 4.78 is 28.7. The molecule has 1 fully saturated rings. The summed E-state index contributed by atoms with van der Waals surface area (Å²) >= 11 is 0. The van der Waals surface area contributed by atoms with Gasteiger partial charge in [-0.05, 0) is 68.5 Å². The Hall–Kier alpha value is -2.64. The number of piperazine rings is 1. The second kappa shape index (κ2) is 7.74. The van der Waals surface area contributed by atoms with E-state index in [1.54, 1.807) is 10.4 Å². The molecule has 168 valence electrons. The number of H-pyrrole nitrogens is 1. The molecule has 5 rings (SSSR count). The average Bonchev–Trinajstić information content (AvgIpc) is 3.14. The summed E-state index contributed by atoms with van der Waals surface area (Å²) in [6, 6.07) is 9.86. The molecule has 0 saturated carbocycles. The number of fused-ring (bicyclic) bond motifs is 3. The van der Waals surface area contributed by atoms with Crippen molar-refractivity contribution in [3.63, 3.8) is 0 Å². The maximum atomic E-state index is 13.6. The maximum absolute atomic E-state index is 13.6. The molecule has 1 aliphatic heterocycles. The third kappa shape index (κ3) is 3.35. The highest BCUT2D eigenvalue weighted by atomic mass is 32.2. The summed E-state index contributed by atoms with van der Waals surface area (Å²) in [5.41, 5.74) is 6.79. The van der Waals surface area contributed by atoms with Gasteiger partial charge in [-0.2, -0.15) is 4.31 Å². The van der Waals surface area contributed by atoms with Crippen molar-refractivity contribution in [1.29, 1.82) is 0 Å². The van der Waals surface area contributed by atoms with E-state index in [0.717, 1.165) is 35.0 Å². The number of aromatic amines is 1. The number of nitrogens with zero attached hydrogens (tertiary/aromatic N) is 2. The zero-order valence-electron chi connectivity index (χ0n) is 18.9. The van der Waals surface area contributed by atoms with Crippen molar-refractivity contribution in [2.45, 2.75) is 44.9 Å². The number of ketones is 1. The van der Waals surface area contributed by atoms with E-state index in [9.17, 15) is 13.2 Å². The van der Waals surface area contributed by atoms with Crippen LogP contribution in [0.2, 0.25) is 0 Å². The highest BCUT2D eigenvalue weighted by molar-refractivity contribution is 7.89. The first-order valence-corrected chi connectivity index (χ1v) is 12.7. The largest absolute Gasteiger partial charge is 0.369 e. The van der Waals surface area contributed by atoms with Crippen LogP contribution >= 0.6 is 0 Å². The first-order valence-electron chi connectivity index (χ1n) is 11.3. The Bertz CT molecular complexity index is 1330. The highest BCUT2D eigenvalue weighted by Crippen LogP contribution is 2.33. The van der Waals surface area contributed by atoms with Crippen molar-refractivity contribution >= 4 is 32.4 Å². The number of hydrogen-bond acceptors (Lipinski definition) is 4. The fraction of sp³-hybridized carbons (Fsp3) is 0.400. The summed E-state index contributed by atoms with van der Waals surface area (Å²) in [6.07, 6.45) is 2.23. The van der Waals surface area contributed by atoms with E-state index in [1.165, 1.54) is 16.8 Å². The molecule has 32 heavy (non-hydrogen) atoms. The minimum Gasteiger partial charge on any atom is -0.369 e. The van der Waals surface area contributed by atoms with Crippen molar-refractivity contribution in [3.05, 3.63) is 58.3 Å². The van der Waals surface area contributed by atoms with Gasteiger partial charge in [0.2, 0.25) is 10.0 Å². The number of nitrogens with one attached hydrogen (secondary N) is 1. The Balaban J connectivity index is 1.43. The van der Waals surface area contributed by atoms with Crippen molar-refractivity contribution in [2.24, 2.45) is 0 Å². The van der Waals surface area contributed by atoms with Gasteiger partial charge in [0, 0.05) is 60.4 Å². The number of anilines is 1. The molecule has 2 heterocycles. The monoisotopic (exact) mass is 451 g/mol. The van der Waals surface area contributed by atoms with Gasteiger partial charge < -0.3 is 9.88 Å². The molecule has 0 radical (unpaired) electrons. The van der Waals surface area contributed by atoms with E-state index in [0.29, 0.717) is 43.1 Å². The van der Waals surface area contributed by atoms with Gasteiger partial charge in [0.25, 0.3) is 0 Å². The Morgan fingerprint density at radius 1 is 0.938 bits per heavy atom. The lowest BCUT2D eigenvalue weighted by molar-refractivity contribution is 0.0974. The Morgan fingerprint density at radius 2 is 1.69 bits per heavy atom. The molecule has 7 heteroatoms. The predicted octanol–water partition coefficient (Wildman–Crippen LogP) is 4.12. The van der Waals surface area contributed by atoms with Crippen molar-refractivity contribution in [2.75, 3.05) is 31.1 Å². The van der Waals surface area contributed by atoms with Crippen LogP contribution in [0.4, 0.5) is 5.69 Å². The zero-order valence-corrected chi connectivity index (χ0v) is 19.7. The van der Waals surface area contributed by atoms with E-state index in [1.807, 2.05) is 13.0 Å². The van der Waals surface area contributed by atoms with Crippen LogP contribution in [-0.4, -0.2) is 49.7 Å². The number of sulfonamides is 1. The number of aryl methyl sites for hydroxylation is 3. The fourth-order valence-electron chi connectivity index (χ4n) is 5.11. The first kappa shape index (κ1) is 21.2. The van der Waals surface area contributed by atoms with Gasteiger partial charge in [-0.25, -0.2) is 8.42 Å². The number of carbonyl (C=O) groups excluding carboxylic acids is 1.